The monoisotopic (exact) mass is 352 g/mol. The Balaban J connectivity index is 2.36. The van der Waals surface area contributed by atoms with Crippen molar-refractivity contribution in [3.05, 3.63) is 28.0 Å². The highest BCUT2D eigenvalue weighted by Gasteiger charge is 2.27. The van der Waals surface area contributed by atoms with Gasteiger partial charge < -0.3 is 10.5 Å². The first-order chi connectivity index (χ1) is 8.94. The topological polar surface area (TPSA) is 81.4 Å². The second-order valence-corrected chi connectivity index (χ2v) is 6.86. The molecule has 5 nitrogen and oxygen atoms in total. The molecule has 1 fully saturated rings. The highest BCUT2D eigenvalue weighted by Crippen LogP contribution is 2.24. The van der Waals surface area contributed by atoms with E-state index >= 15 is 0 Å². The lowest BCUT2D eigenvalue weighted by molar-refractivity contribution is 0.192. The lowest BCUT2D eigenvalue weighted by Crippen LogP contribution is -2.35. The van der Waals surface area contributed by atoms with Crippen LogP contribution >= 0.6 is 15.9 Å². The summed E-state index contributed by atoms with van der Waals surface area (Å²) in [6.45, 7) is 0.737. The van der Waals surface area contributed by atoms with Crippen LogP contribution in [0.2, 0.25) is 0 Å². The van der Waals surface area contributed by atoms with Crippen molar-refractivity contribution >= 4 is 26.0 Å². The van der Waals surface area contributed by atoms with Gasteiger partial charge in [-0.15, -0.1) is 0 Å². The molecule has 1 aliphatic heterocycles. The van der Waals surface area contributed by atoms with Crippen molar-refractivity contribution in [2.75, 3.05) is 13.2 Å². The van der Waals surface area contributed by atoms with Gasteiger partial charge in [-0.05, 0) is 18.6 Å². The molecular weight excluding hydrogens is 339 g/mol. The van der Waals surface area contributed by atoms with Crippen LogP contribution in [-0.2, 0) is 21.3 Å². The zero-order chi connectivity index (χ0) is 14.0. The number of ether oxygens (including phenoxy) is 1. The molecule has 1 aliphatic rings. The van der Waals surface area contributed by atoms with E-state index in [0.29, 0.717) is 24.1 Å². The molecule has 0 bridgehead atoms. The minimum Gasteiger partial charge on any atom is -0.380 e. The Morgan fingerprint density at radius 1 is 1.53 bits per heavy atom. The smallest absolute Gasteiger partial charge is 0.243 e. The third kappa shape index (κ3) is 3.32. The van der Waals surface area contributed by atoms with Crippen LogP contribution in [0.5, 0.6) is 0 Å². The lowest BCUT2D eigenvalue weighted by Gasteiger charge is -2.13. The predicted octanol–water partition coefficient (Wildman–Crippen LogP) is 1.11. The van der Waals surface area contributed by atoms with E-state index in [1.807, 2.05) is 0 Å². The third-order valence-electron chi connectivity index (χ3n) is 2.84. The first-order valence-electron chi connectivity index (χ1n) is 5.72. The van der Waals surface area contributed by atoms with Gasteiger partial charge in [0.1, 0.15) is 10.7 Å². The summed E-state index contributed by atoms with van der Waals surface area (Å²) in [7, 11) is -3.92. The van der Waals surface area contributed by atoms with E-state index in [-0.39, 0.29) is 18.2 Å². The van der Waals surface area contributed by atoms with Gasteiger partial charge in [0.05, 0.1) is 6.61 Å². The Kier molecular flexibility index (Phi) is 4.57. The minimum absolute atomic E-state index is 0.0691. The molecule has 0 saturated carbocycles. The van der Waals surface area contributed by atoms with E-state index < -0.39 is 20.7 Å². The number of halogens is 2. The van der Waals surface area contributed by atoms with Crippen LogP contribution in [0.1, 0.15) is 12.0 Å². The van der Waals surface area contributed by atoms with Crippen LogP contribution < -0.4 is 10.5 Å². The summed E-state index contributed by atoms with van der Waals surface area (Å²) in [4.78, 5) is -0.394. The molecule has 0 spiro atoms. The number of hydrogen-bond donors (Lipinski definition) is 2. The standard InChI is InChI=1S/C11H14BrFN2O3S/c12-8-3-7(5-14)11(13)10(4-8)19(16,17)15-9-1-2-18-6-9/h3-4,9,15H,1-2,5-6,14H2. The fourth-order valence-corrected chi connectivity index (χ4v) is 3.93. The van der Waals surface area contributed by atoms with Crippen molar-refractivity contribution in [2.24, 2.45) is 5.73 Å². The van der Waals surface area contributed by atoms with Crippen molar-refractivity contribution < 1.29 is 17.5 Å². The lowest BCUT2D eigenvalue weighted by atomic mass is 10.2. The number of nitrogens with two attached hydrogens (primary N) is 1. The zero-order valence-electron chi connectivity index (χ0n) is 10.0. The molecule has 3 N–H and O–H groups in total. The molecule has 1 heterocycles. The molecule has 2 rings (SSSR count). The van der Waals surface area contributed by atoms with Gasteiger partial charge in [0.15, 0.2) is 0 Å². The summed E-state index contributed by atoms with van der Waals surface area (Å²) in [5, 5.41) is 0. The van der Waals surface area contributed by atoms with Gasteiger partial charge >= 0.3 is 0 Å². The number of hydrogen-bond acceptors (Lipinski definition) is 4. The molecule has 1 unspecified atom stereocenters. The van der Waals surface area contributed by atoms with E-state index in [4.69, 9.17) is 10.5 Å². The van der Waals surface area contributed by atoms with E-state index in [1.54, 1.807) is 0 Å². The van der Waals surface area contributed by atoms with Crippen LogP contribution in [-0.4, -0.2) is 27.7 Å². The molecule has 0 aliphatic carbocycles. The van der Waals surface area contributed by atoms with Crippen LogP contribution in [0.4, 0.5) is 4.39 Å². The van der Waals surface area contributed by atoms with Gasteiger partial charge in [0.2, 0.25) is 10.0 Å². The summed E-state index contributed by atoms with van der Waals surface area (Å²) in [6.07, 6.45) is 0.582. The number of rotatable bonds is 4. The SMILES string of the molecule is NCc1cc(Br)cc(S(=O)(=O)NC2CCOC2)c1F. The second kappa shape index (κ2) is 5.84. The summed E-state index contributed by atoms with van der Waals surface area (Å²) in [5.74, 6) is -0.808. The van der Waals surface area contributed by atoms with E-state index in [2.05, 4.69) is 20.7 Å². The minimum atomic E-state index is -3.92. The summed E-state index contributed by atoms with van der Waals surface area (Å²) in [5.41, 5.74) is 5.55. The molecular formula is C11H14BrFN2O3S. The van der Waals surface area contributed by atoms with Gasteiger partial charge in [-0.1, -0.05) is 15.9 Å². The summed E-state index contributed by atoms with van der Waals surface area (Å²) < 4.78 is 46.4. The van der Waals surface area contributed by atoms with Crippen molar-refractivity contribution in [1.82, 2.24) is 4.72 Å². The summed E-state index contributed by atoms with van der Waals surface area (Å²) >= 11 is 3.15. The van der Waals surface area contributed by atoms with Crippen LogP contribution in [0.25, 0.3) is 0 Å². The largest absolute Gasteiger partial charge is 0.380 e. The maximum atomic E-state index is 14.1. The average molecular weight is 353 g/mol. The van der Waals surface area contributed by atoms with Crippen molar-refractivity contribution in [1.29, 1.82) is 0 Å². The van der Waals surface area contributed by atoms with Gasteiger partial charge in [0.25, 0.3) is 0 Å². The number of benzene rings is 1. The Morgan fingerprint density at radius 2 is 2.26 bits per heavy atom. The number of nitrogens with one attached hydrogen (secondary N) is 1. The zero-order valence-corrected chi connectivity index (χ0v) is 12.4. The molecule has 1 aromatic carbocycles. The molecule has 0 amide bonds. The Bertz CT molecular complexity index is 574. The highest BCUT2D eigenvalue weighted by atomic mass is 79.9. The van der Waals surface area contributed by atoms with E-state index in [9.17, 15) is 12.8 Å². The molecule has 1 aromatic rings. The van der Waals surface area contributed by atoms with Gasteiger partial charge in [-0.25, -0.2) is 17.5 Å². The highest BCUT2D eigenvalue weighted by molar-refractivity contribution is 9.10. The quantitative estimate of drug-likeness (QED) is 0.850. The molecule has 0 aromatic heterocycles. The second-order valence-electron chi connectivity index (χ2n) is 4.26. The van der Waals surface area contributed by atoms with Crippen LogP contribution in [0.15, 0.2) is 21.5 Å². The fraction of sp³-hybridized carbons (Fsp3) is 0.455. The Morgan fingerprint density at radius 3 is 2.84 bits per heavy atom. The van der Waals surface area contributed by atoms with Gasteiger partial charge in [-0.2, -0.15) is 0 Å². The van der Waals surface area contributed by atoms with Crippen LogP contribution in [0, 0.1) is 5.82 Å². The molecule has 0 radical (unpaired) electrons. The maximum absolute atomic E-state index is 14.1. The Hall–Kier alpha value is -0.540. The normalized spacial score (nSPS) is 19.8. The van der Waals surface area contributed by atoms with E-state index in [1.165, 1.54) is 12.1 Å². The molecule has 106 valence electrons. The fourth-order valence-electron chi connectivity index (χ4n) is 1.87. The molecule has 19 heavy (non-hydrogen) atoms. The number of sulfonamides is 1. The predicted molar refractivity (Wildman–Crippen MR) is 71.5 cm³/mol. The third-order valence-corrected chi connectivity index (χ3v) is 4.82. The first-order valence-corrected chi connectivity index (χ1v) is 7.99. The molecule has 1 atom stereocenters. The first kappa shape index (κ1) is 14.9. The average Bonchev–Trinajstić information content (AvgIpc) is 2.83. The van der Waals surface area contributed by atoms with Gasteiger partial charge in [0, 0.05) is 29.2 Å². The van der Waals surface area contributed by atoms with Crippen LogP contribution in [0.3, 0.4) is 0 Å². The van der Waals surface area contributed by atoms with Crippen molar-refractivity contribution in [2.45, 2.75) is 23.9 Å². The molecule has 1 saturated heterocycles. The summed E-state index contributed by atoms with van der Waals surface area (Å²) in [6, 6.07) is 2.38. The maximum Gasteiger partial charge on any atom is 0.243 e. The molecule has 8 heteroatoms. The van der Waals surface area contributed by atoms with Crippen molar-refractivity contribution in [3.8, 4) is 0 Å². The van der Waals surface area contributed by atoms with Gasteiger partial charge in [-0.3, -0.25) is 0 Å². The Labute approximate surface area is 119 Å². The van der Waals surface area contributed by atoms with Crippen molar-refractivity contribution in [3.63, 3.8) is 0 Å². The van der Waals surface area contributed by atoms with E-state index in [0.717, 1.165) is 0 Å².